The first-order valence-corrected chi connectivity index (χ1v) is 13.3. The Morgan fingerprint density at radius 1 is 1.11 bits per heavy atom. The second-order valence-corrected chi connectivity index (χ2v) is 10.4. The molecule has 1 N–H and O–H groups in total. The first kappa shape index (κ1) is 27.4. The molecule has 4 rings (SSSR count). The number of carbonyl (C=O) groups is 2. The van der Waals surface area contributed by atoms with Crippen molar-refractivity contribution in [2.24, 2.45) is 5.10 Å². The average Bonchev–Trinajstić information content (AvgIpc) is 3.32. The number of nitrogens with one attached hydrogen (secondary N) is 1. The second kappa shape index (κ2) is 12.7. The maximum absolute atomic E-state index is 13.7. The Kier molecular flexibility index (Phi) is 9.43. The van der Waals surface area contributed by atoms with Gasteiger partial charge in [-0.05, 0) is 37.6 Å². The van der Waals surface area contributed by atoms with E-state index in [-0.39, 0.29) is 30.6 Å². The summed E-state index contributed by atoms with van der Waals surface area (Å²) >= 11 is 12.6. The van der Waals surface area contributed by atoms with E-state index < -0.39 is 0 Å². The van der Waals surface area contributed by atoms with Crippen molar-refractivity contribution in [2.75, 3.05) is 45.9 Å². The van der Waals surface area contributed by atoms with Crippen LogP contribution in [0.1, 0.15) is 37.4 Å². The maximum atomic E-state index is 13.7. The van der Waals surface area contributed by atoms with Gasteiger partial charge in [0, 0.05) is 54.3 Å². The molecular weight excluding hydrogens is 513 g/mol. The molecule has 8 nitrogen and oxygen atoms in total. The SMILES string of the molecule is CC(C)NC(=O)N(CCN1CCOCC1)CC(=O)N1N=C(c2ccccc2Cl)C[C@@H]1c1ccc(Cl)cc1. The maximum Gasteiger partial charge on any atom is 0.318 e. The molecular formula is C27H33Cl2N5O3. The molecule has 2 heterocycles. The van der Waals surface area contributed by atoms with Crippen LogP contribution in [0, 0.1) is 0 Å². The van der Waals surface area contributed by atoms with E-state index in [0.717, 1.165) is 29.9 Å². The van der Waals surface area contributed by atoms with E-state index >= 15 is 0 Å². The standard InChI is InChI=1S/C27H33Cl2N5O3/c1-19(2)30-27(36)33(12-11-32-13-15-37-16-14-32)18-26(35)34-25(20-7-9-21(28)10-8-20)17-24(31-34)22-5-3-4-6-23(22)29/h3-10,19,25H,11-18H2,1-2H3,(H,30,36)/t25-/m1/s1. The number of rotatable bonds is 8. The molecule has 0 radical (unpaired) electrons. The van der Waals surface area contributed by atoms with Gasteiger partial charge in [0.15, 0.2) is 0 Å². The predicted octanol–water partition coefficient (Wildman–Crippen LogP) is 4.42. The van der Waals surface area contributed by atoms with Crippen molar-refractivity contribution in [3.05, 3.63) is 69.7 Å². The summed E-state index contributed by atoms with van der Waals surface area (Å²) in [5.41, 5.74) is 2.43. The van der Waals surface area contributed by atoms with E-state index in [1.807, 2.05) is 50.2 Å². The number of hydrazone groups is 1. The van der Waals surface area contributed by atoms with Crippen LogP contribution >= 0.6 is 23.2 Å². The van der Waals surface area contributed by atoms with Crippen LogP contribution in [0.2, 0.25) is 10.0 Å². The minimum atomic E-state index is -0.328. The monoisotopic (exact) mass is 545 g/mol. The summed E-state index contributed by atoms with van der Waals surface area (Å²) in [6.45, 7) is 7.76. The number of halogens is 2. The van der Waals surface area contributed by atoms with Gasteiger partial charge in [0.2, 0.25) is 0 Å². The normalized spacial score (nSPS) is 18.1. The summed E-state index contributed by atoms with van der Waals surface area (Å²) in [6.07, 6.45) is 0.503. The third-order valence-corrected chi connectivity index (χ3v) is 7.00. The molecule has 2 aliphatic rings. The lowest BCUT2D eigenvalue weighted by molar-refractivity contribution is -0.133. The average molecular weight is 546 g/mol. The molecule has 0 bridgehead atoms. The minimum absolute atomic E-state index is 0.0491. The Bertz CT molecular complexity index is 1120. The van der Waals surface area contributed by atoms with Crippen molar-refractivity contribution in [1.29, 1.82) is 0 Å². The van der Waals surface area contributed by atoms with E-state index in [0.29, 0.717) is 42.8 Å². The highest BCUT2D eigenvalue weighted by molar-refractivity contribution is 6.34. The smallest absolute Gasteiger partial charge is 0.318 e. The number of morpholine rings is 1. The van der Waals surface area contributed by atoms with Crippen LogP contribution < -0.4 is 5.32 Å². The van der Waals surface area contributed by atoms with Gasteiger partial charge in [-0.25, -0.2) is 9.80 Å². The fourth-order valence-corrected chi connectivity index (χ4v) is 4.83. The number of ether oxygens (including phenoxy) is 1. The highest BCUT2D eigenvalue weighted by Crippen LogP contribution is 2.35. The summed E-state index contributed by atoms with van der Waals surface area (Å²) in [6, 6.07) is 14.2. The Labute approximate surface area is 228 Å². The van der Waals surface area contributed by atoms with E-state index in [1.54, 1.807) is 17.0 Å². The highest BCUT2D eigenvalue weighted by atomic mass is 35.5. The van der Waals surface area contributed by atoms with E-state index in [9.17, 15) is 9.59 Å². The summed E-state index contributed by atoms with van der Waals surface area (Å²) in [4.78, 5) is 30.6. The van der Waals surface area contributed by atoms with Crippen LogP contribution in [0.5, 0.6) is 0 Å². The molecule has 10 heteroatoms. The fraction of sp³-hybridized carbons (Fsp3) is 0.444. The molecule has 1 fully saturated rings. The molecule has 198 valence electrons. The van der Waals surface area contributed by atoms with Crippen molar-refractivity contribution in [1.82, 2.24) is 20.1 Å². The van der Waals surface area contributed by atoms with Gasteiger partial charge < -0.3 is 15.0 Å². The fourth-order valence-electron chi connectivity index (χ4n) is 4.46. The van der Waals surface area contributed by atoms with Crippen molar-refractivity contribution < 1.29 is 14.3 Å². The lowest BCUT2D eigenvalue weighted by atomic mass is 9.98. The summed E-state index contributed by atoms with van der Waals surface area (Å²) in [7, 11) is 0. The quantitative estimate of drug-likeness (QED) is 0.532. The molecule has 1 atom stereocenters. The van der Waals surface area contributed by atoms with Gasteiger partial charge in [0.05, 0.1) is 25.0 Å². The summed E-state index contributed by atoms with van der Waals surface area (Å²) in [5, 5.41) is 10.3. The molecule has 2 aromatic carbocycles. The molecule has 0 spiro atoms. The van der Waals surface area contributed by atoms with Crippen molar-refractivity contribution in [3.63, 3.8) is 0 Å². The lowest BCUT2D eigenvalue weighted by Crippen LogP contribution is -2.50. The topological polar surface area (TPSA) is 77.5 Å². The number of hydrogen-bond donors (Lipinski definition) is 1. The van der Waals surface area contributed by atoms with Crippen molar-refractivity contribution in [2.45, 2.75) is 32.4 Å². The van der Waals surface area contributed by atoms with Gasteiger partial charge in [-0.15, -0.1) is 0 Å². The number of amides is 3. The van der Waals surface area contributed by atoms with Crippen LogP contribution in [-0.4, -0.2) is 84.4 Å². The van der Waals surface area contributed by atoms with Gasteiger partial charge in [-0.2, -0.15) is 5.10 Å². The predicted molar refractivity (Wildman–Crippen MR) is 146 cm³/mol. The van der Waals surface area contributed by atoms with Gasteiger partial charge in [-0.1, -0.05) is 53.5 Å². The molecule has 0 aliphatic carbocycles. The van der Waals surface area contributed by atoms with Gasteiger partial charge in [0.1, 0.15) is 6.54 Å². The zero-order valence-corrected chi connectivity index (χ0v) is 22.7. The first-order valence-electron chi connectivity index (χ1n) is 12.6. The summed E-state index contributed by atoms with van der Waals surface area (Å²) < 4.78 is 5.43. The zero-order valence-electron chi connectivity index (χ0n) is 21.2. The molecule has 1 saturated heterocycles. The lowest BCUT2D eigenvalue weighted by Gasteiger charge is -2.31. The van der Waals surface area contributed by atoms with Crippen LogP contribution in [0.4, 0.5) is 4.79 Å². The van der Waals surface area contributed by atoms with E-state index in [2.05, 4.69) is 10.2 Å². The molecule has 0 unspecified atom stereocenters. The number of urea groups is 1. The largest absolute Gasteiger partial charge is 0.379 e. The molecule has 0 saturated carbocycles. The van der Waals surface area contributed by atoms with Crippen molar-refractivity contribution in [3.8, 4) is 0 Å². The Hall–Kier alpha value is -2.65. The Balaban J connectivity index is 1.56. The minimum Gasteiger partial charge on any atom is -0.379 e. The molecule has 2 aliphatic heterocycles. The molecule has 3 amide bonds. The van der Waals surface area contributed by atoms with Crippen LogP contribution in [0.15, 0.2) is 53.6 Å². The molecule has 37 heavy (non-hydrogen) atoms. The zero-order chi connectivity index (χ0) is 26.4. The molecule has 0 aromatic heterocycles. The van der Waals surface area contributed by atoms with Gasteiger partial charge >= 0.3 is 6.03 Å². The van der Waals surface area contributed by atoms with Crippen LogP contribution in [-0.2, 0) is 9.53 Å². The summed E-state index contributed by atoms with van der Waals surface area (Å²) in [5.74, 6) is -0.261. The van der Waals surface area contributed by atoms with Gasteiger partial charge in [-0.3, -0.25) is 9.69 Å². The number of nitrogens with zero attached hydrogens (tertiary/aromatic N) is 4. The van der Waals surface area contributed by atoms with Gasteiger partial charge in [0.25, 0.3) is 5.91 Å². The highest BCUT2D eigenvalue weighted by Gasteiger charge is 2.35. The third-order valence-electron chi connectivity index (χ3n) is 6.42. The van der Waals surface area contributed by atoms with Crippen LogP contribution in [0.3, 0.4) is 0 Å². The van der Waals surface area contributed by atoms with E-state index in [4.69, 9.17) is 33.0 Å². The third kappa shape index (κ3) is 7.23. The Morgan fingerprint density at radius 2 is 1.81 bits per heavy atom. The van der Waals surface area contributed by atoms with Crippen molar-refractivity contribution >= 4 is 40.9 Å². The molecule has 2 aromatic rings. The van der Waals surface area contributed by atoms with Crippen LogP contribution in [0.25, 0.3) is 0 Å². The number of benzene rings is 2. The van der Waals surface area contributed by atoms with E-state index in [1.165, 1.54) is 5.01 Å². The number of hydrogen-bond acceptors (Lipinski definition) is 5. The Morgan fingerprint density at radius 3 is 2.49 bits per heavy atom. The number of carbonyl (C=O) groups excluding carboxylic acids is 2. The first-order chi connectivity index (χ1) is 17.8. The second-order valence-electron chi connectivity index (χ2n) is 9.52.